The maximum atomic E-state index is 11.8. The zero-order valence-electron chi connectivity index (χ0n) is 8.43. The Kier molecular flexibility index (Phi) is 3.94. The number of methoxy groups -OCH3 is 1. The fourth-order valence-electron chi connectivity index (χ4n) is 0.987. The van der Waals surface area contributed by atoms with Gasteiger partial charge >= 0.3 is 6.18 Å². The molecule has 1 heterocycles. The van der Waals surface area contributed by atoms with Crippen LogP contribution in [0.5, 0.6) is 0 Å². The number of nitrogens with one attached hydrogen (secondary N) is 1. The number of halogens is 3. The third-order valence-electron chi connectivity index (χ3n) is 1.62. The molecule has 0 saturated heterocycles. The van der Waals surface area contributed by atoms with E-state index in [1.807, 2.05) is 0 Å². The molecular formula is C9H10F3NO3. The second-order valence-corrected chi connectivity index (χ2v) is 3.00. The fraction of sp³-hybridized carbons (Fsp3) is 0.444. The van der Waals surface area contributed by atoms with E-state index in [2.05, 4.69) is 0 Å². The lowest BCUT2D eigenvalue weighted by Gasteiger charge is -2.06. The standard InChI is InChI=1S/C9H10F3NO3/c1-15-4-6-2-3-7(16-6)8(14)13-5-9(10,11)12/h2-3H,4-5H2,1H3,(H,13,14). The summed E-state index contributed by atoms with van der Waals surface area (Å²) in [5.41, 5.74) is 0. The fourth-order valence-corrected chi connectivity index (χ4v) is 0.987. The second kappa shape index (κ2) is 5.02. The third kappa shape index (κ3) is 3.93. The molecule has 1 aromatic heterocycles. The van der Waals surface area contributed by atoms with Crippen molar-refractivity contribution in [3.8, 4) is 0 Å². The molecule has 0 aliphatic carbocycles. The van der Waals surface area contributed by atoms with E-state index in [1.54, 1.807) is 5.32 Å². The largest absolute Gasteiger partial charge is 0.453 e. The quantitative estimate of drug-likeness (QED) is 0.867. The Bertz CT molecular complexity index is 359. The number of amides is 1. The average Bonchev–Trinajstić information content (AvgIpc) is 2.62. The Morgan fingerprint density at radius 3 is 2.75 bits per heavy atom. The van der Waals surface area contributed by atoms with Crippen LogP contribution in [0.3, 0.4) is 0 Å². The Labute approximate surface area is 89.4 Å². The van der Waals surface area contributed by atoms with Crippen molar-refractivity contribution >= 4 is 5.91 Å². The molecule has 0 unspecified atom stereocenters. The Hall–Kier alpha value is -1.50. The smallest absolute Gasteiger partial charge is 0.405 e. The highest BCUT2D eigenvalue weighted by Crippen LogP contribution is 2.13. The average molecular weight is 237 g/mol. The van der Waals surface area contributed by atoms with E-state index in [0.717, 1.165) is 0 Å². The molecule has 0 aromatic carbocycles. The first kappa shape index (κ1) is 12.6. The summed E-state index contributed by atoms with van der Waals surface area (Å²) in [4.78, 5) is 11.2. The summed E-state index contributed by atoms with van der Waals surface area (Å²) in [5.74, 6) is -0.698. The molecule has 0 saturated carbocycles. The number of hydrogen-bond acceptors (Lipinski definition) is 3. The van der Waals surface area contributed by atoms with Crippen molar-refractivity contribution in [2.75, 3.05) is 13.7 Å². The van der Waals surface area contributed by atoms with E-state index in [-0.39, 0.29) is 12.4 Å². The molecular weight excluding hydrogens is 227 g/mol. The highest BCUT2D eigenvalue weighted by atomic mass is 19.4. The highest BCUT2D eigenvalue weighted by Gasteiger charge is 2.28. The van der Waals surface area contributed by atoms with Crippen LogP contribution >= 0.6 is 0 Å². The van der Waals surface area contributed by atoms with Gasteiger partial charge in [-0.2, -0.15) is 13.2 Å². The van der Waals surface area contributed by atoms with Gasteiger partial charge in [0.1, 0.15) is 18.9 Å². The lowest BCUT2D eigenvalue weighted by molar-refractivity contribution is -0.123. The first-order valence-corrected chi connectivity index (χ1v) is 4.35. The van der Waals surface area contributed by atoms with Gasteiger partial charge in [0.05, 0.1) is 0 Å². The second-order valence-electron chi connectivity index (χ2n) is 3.00. The molecule has 0 aliphatic rings. The molecule has 7 heteroatoms. The molecule has 90 valence electrons. The molecule has 0 atom stereocenters. The normalized spacial score (nSPS) is 11.5. The van der Waals surface area contributed by atoms with Crippen molar-refractivity contribution in [2.24, 2.45) is 0 Å². The van der Waals surface area contributed by atoms with Gasteiger partial charge in [0, 0.05) is 7.11 Å². The zero-order valence-corrected chi connectivity index (χ0v) is 8.43. The monoisotopic (exact) mass is 237 g/mol. The van der Waals surface area contributed by atoms with Crippen molar-refractivity contribution < 1.29 is 27.1 Å². The van der Waals surface area contributed by atoms with Crippen LogP contribution in [0.15, 0.2) is 16.5 Å². The topological polar surface area (TPSA) is 51.5 Å². The van der Waals surface area contributed by atoms with Crippen LogP contribution in [0.4, 0.5) is 13.2 Å². The molecule has 0 fully saturated rings. The van der Waals surface area contributed by atoms with Crippen molar-refractivity contribution in [2.45, 2.75) is 12.8 Å². The maximum Gasteiger partial charge on any atom is 0.405 e. The first-order valence-electron chi connectivity index (χ1n) is 4.35. The predicted octanol–water partition coefficient (Wildman–Crippen LogP) is 1.72. The minimum Gasteiger partial charge on any atom is -0.453 e. The molecule has 1 aromatic rings. The summed E-state index contributed by atoms with van der Waals surface area (Å²) in [7, 11) is 1.44. The van der Waals surface area contributed by atoms with E-state index >= 15 is 0 Å². The summed E-state index contributed by atoms with van der Waals surface area (Å²) >= 11 is 0. The summed E-state index contributed by atoms with van der Waals surface area (Å²) < 4.78 is 45.1. The van der Waals surface area contributed by atoms with Crippen LogP contribution in [0, 0.1) is 0 Å². The van der Waals surface area contributed by atoms with Gasteiger partial charge < -0.3 is 14.5 Å². The maximum absolute atomic E-state index is 11.8. The molecule has 1 N–H and O–H groups in total. The van der Waals surface area contributed by atoms with Crippen molar-refractivity contribution in [3.05, 3.63) is 23.7 Å². The molecule has 0 radical (unpaired) electrons. The molecule has 0 bridgehead atoms. The highest BCUT2D eigenvalue weighted by molar-refractivity contribution is 5.91. The Balaban J connectivity index is 2.53. The molecule has 0 aliphatic heterocycles. The molecule has 0 spiro atoms. The number of carbonyl (C=O) groups excluding carboxylic acids is 1. The summed E-state index contributed by atoms with van der Waals surface area (Å²) in [6.07, 6.45) is -4.43. The van der Waals surface area contributed by atoms with Crippen LogP contribution in [-0.4, -0.2) is 25.7 Å². The van der Waals surface area contributed by atoms with E-state index in [0.29, 0.717) is 5.76 Å². The van der Waals surface area contributed by atoms with Crippen LogP contribution in [0.1, 0.15) is 16.3 Å². The van der Waals surface area contributed by atoms with E-state index in [9.17, 15) is 18.0 Å². The minimum absolute atomic E-state index is 0.159. The number of furan rings is 1. The summed E-state index contributed by atoms with van der Waals surface area (Å²) in [5, 5.41) is 1.70. The van der Waals surface area contributed by atoms with Gasteiger partial charge in [0.15, 0.2) is 5.76 Å². The SMILES string of the molecule is COCc1ccc(C(=O)NCC(F)(F)F)o1. The van der Waals surface area contributed by atoms with Crippen LogP contribution < -0.4 is 5.32 Å². The molecule has 16 heavy (non-hydrogen) atoms. The number of ether oxygens (including phenoxy) is 1. The van der Waals surface area contributed by atoms with Crippen LogP contribution in [0.2, 0.25) is 0 Å². The number of alkyl halides is 3. The Morgan fingerprint density at radius 1 is 1.50 bits per heavy atom. The first-order chi connectivity index (χ1) is 7.42. The number of carbonyl (C=O) groups is 1. The van der Waals surface area contributed by atoms with Gasteiger partial charge in [-0.15, -0.1) is 0 Å². The van der Waals surface area contributed by atoms with E-state index in [1.165, 1.54) is 19.2 Å². The summed E-state index contributed by atoms with van der Waals surface area (Å²) in [6, 6.07) is 2.76. The van der Waals surface area contributed by atoms with E-state index < -0.39 is 18.6 Å². The Morgan fingerprint density at radius 2 is 2.19 bits per heavy atom. The van der Waals surface area contributed by atoms with Crippen LogP contribution in [0.25, 0.3) is 0 Å². The van der Waals surface area contributed by atoms with Crippen molar-refractivity contribution in [3.63, 3.8) is 0 Å². The predicted molar refractivity (Wildman–Crippen MR) is 47.8 cm³/mol. The van der Waals surface area contributed by atoms with Gasteiger partial charge in [-0.3, -0.25) is 4.79 Å². The number of hydrogen-bond donors (Lipinski definition) is 1. The van der Waals surface area contributed by atoms with Gasteiger partial charge in [0.25, 0.3) is 5.91 Å². The minimum atomic E-state index is -4.43. The molecule has 1 rings (SSSR count). The molecule has 1 amide bonds. The zero-order chi connectivity index (χ0) is 12.2. The van der Waals surface area contributed by atoms with Gasteiger partial charge in [0.2, 0.25) is 0 Å². The summed E-state index contributed by atoms with van der Waals surface area (Å²) in [6.45, 7) is -1.22. The lowest BCUT2D eigenvalue weighted by atomic mass is 10.4. The van der Waals surface area contributed by atoms with Crippen LogP contribution in [-0.2, 0) is 11.3 Å². The molecule has 4 nitrogen and oxygen atoms in total. The van der Waals surface area contributed by atoms with Gasteiger partial charge in [-0.05, 0) is 12.1 Å². The van der Waals surface area contributed by atoms with Gasteiger partial charge in [-0.25, -0.2) is 0 Å². The van der Waals surface area contributed by atoms with Gasteiger partial charge in [-0.1, -0.05) is 0 Å². The lowest BCUT2D eigenvalue weighted by Crippen LogP contribution is -2.33. The number of rotatable bonds is 4. The third-order valence-corrected chi connectivity index (χ3v) is 1.62. The van der Waals surface area contributed by atoms with Crippen molar-refractivity contribution in [1.82, 2.24) is 5.32 Å². The van der Waals surface area contributed by atoms with E-state index in [4.69, 9.17) is 9.15 Å². The van der Waals surface area contributed by atoms with Crippen molar-refractivity contribution in [1.29, 1.82) is 0 Å².